The van der Waals surface area contributed by atoms with Gasteiger partial charge in [0.15, 0.2) is 0 Å². The van der Waals surface area contributed by atoms with Gasteiger partial charge in [0.05, 0.1) is 6.67 Å². The van der Waals surface area contributed by atoms with Crippen molar-refractivity contribution in [3.8, 4) is 0 Å². The first-order valence-electron chi connectivity index (χ1n) is 11.2. The molecule has 2 aliphatic rings. The molecule has 4 heteroatoms. The molecule has 3 aromatic rings. The number of likely N-dealkylation sites (tertiary alicyclic amines) is 1. The maximum atomic E-state index is 13.2. The fourth-order valence-corrected chi connectivity index (χ4v) is 5.06. The summed E-state index contributed by atoms with van der Waals surface area (Å²) in [5.41, 5.74) is 3.47. The molecule has 31 heavy (non-hydrogen) atoms. The summed E-state index contributed by atoms with van der Waals surface area (Å²) in [6.07, 6.45) is 0.533. The lowest BCUT2D eigenvalue weighted by atomic mass is 9.74. The van der Waals surface area contributed by atoms with Crippen LogP contribution in [0.1, 0.15) is 17.5 Å². The molecule has 0 saturated carbocycles. The summed E-state index contributed by atoms with van der Waals surface area (Å²) in [7, 11) is 0. The maximum absolute atomic E-state index is 13.2. The first-order valence-corrected chi connectivity index (χ1v) is 11.2. The fraction of sp³-hybridized carbons (Fsp3) is 0.296. The summed E-state index contributed by atoms with van der Waals surface area (Å²) in [5, 5.41) is 0. The number of nitrogens with zero attached hydrogens (tertiary/aromatic N) is 3. The monoisotopic (exact) mass is 411 g/mol. The molecular formula is C27H29N3O. The Kier molecular flexibility index (Phi) is 5.47. The number of rotatable bonds is 5. The third-order valence-corrected chi connectivity index (χ3v) is 6.78. The van der Waals surface area contributed by atoms with Crippen molar-refractivity contribution in [2.24, 2.45) is 0 Å². The lowest BCUT2D eigenvalue weighted by molar-refractivity contribution is -0.129. The lowest BCUT2D eigenvalue weighted by Gasteiger charge is -2.38. The molecular weight excluding hydrogens is 382 g/mol. The SMILES string of the molecule is O=C1CC(c2ccccc2)(c2ccccc2)CN1CN1CCN(c2ccccc2)CC1. The average molecular weight is 412 g/mol. The number of hydrogen-bond acceptors (Lipinski definition) is 3. The van der Waals surface area contributed by atoms with Gasteiger partial charge in [-0.3, -0.25) is 9.69 Å². The van der Waals surface area contributed by atoms with Gasteiger partial charge in [-0.2, -0.15) is 0 Å². The predicted molar refractivity (Wildman–Crippen MR) is 125 cm³/mol. The van der Waals surface area contributed by atoms with E-state index in [0.29, 0.717) is 13.1 Å². The minimum atomic E-state index is -0.272. The van der Waals surface area contributed by atoms with Crippen molar-refractivity contribution in [2.75, 3.05) is 44.3 Å². The van der Waals surface area contributed by atoms with Gasteiger partial charge in [-0.05, 0) is 23.3 Å². The highest BCUT2D eigenvalue weighted by molar-refractivity contribution is 5.82. The van der Waals surface area contributed by atoms with E-state index in [4.69, 9.17) is 0 Å². The normalized spacial score (nSPS) is 19.0. The number of carbonyl (C=O) groups is 1. The van der Waals surface area contributed by atoms with Crippen LogP contribution in [0.5, 0.6) is 0 Å². The zero-order chi connectivity index (χ0) is 21.1. The van der Waals surface area contributed by atoms with Crippen LogP contribution >= 0.6 is 0 Å². The van der Waals surface area contributed by atoms with E-state index in [0.717, 1.165) is 32.7 Å². The van der Waals surface area contributed by atoms with E-state index in [1.54, 1.807) is 0 Å². The Morgan fingerprint density at radius 1 is 0.677 bits per heavy atom. The molecule has 0 N–H and O–H groups in total. The first-order chi connectivity index (χ1) is 15.2. The van der Waals surface area contributed by atoms with E-state index < -0.39 is 0 Å². The molecule has 2 aliphatic heterocycles. The number of carbonyl (C=O) groups excluding carboxylic acids is 1. The van der Waals surface area contributed by atoms with Gasteiger partial charge < -0.3 is 9.80 Å². The van der Waals surface area contributed by atoms with E-state index in [1.165, 1.54) is 16.8 Å². The molecule has 0 atom stereocenters. The third-order valence-electron chi connectivity index (χ3n) is 6.78. The largest absolute Gasteiger partial charge is 0.369 e. The quantitative estimate of drug-likeness (QED) is 0.635. The smallest absolute Gasteiger partial charge is 0.224 e. The van der Waals surface area contributed by atoms with Gasteiger partial charge >= 0.3 is 0 Å². The van der Waals surface area contributed by atoms with Crippen molar-refractivity contribution >= 4 is 11.6 Å². The number of piperazine rings is 1. The van der Waals surface area contributed by atoms with Crippen molar-refractivity contribution in [2.45, 2.75) is 11.8 Å². The molecule has 0 aliphatic carbocycles. The second kappa shape index (κ2) is 8.56. The van der Waals surface area contributed by atoms with Crippen LogP contribution in [-0.2, 0) is 10.2 Å². The zero-order valence-corrected chi connectivity index (χ0v) is 17.9. The van der Waals surface area contributed by atoms with Crippen LogP contribution in [0.15, 0.2) is 91.0 Å². The van der Waals surface area contributed by atoms with E-state index in [9.17, 15) is 4.79 Å². The Morgan fingerprint density at radius 3 is 1.74 bits per heavy atom. The minimum Gasteiger partial charge on any atom is -0.369 e. The van der Waals surface area contributed by atoms with Gasteiger partial charge in [-0.1, -0.05) is 78.9 Å². The molecule has 0 bridgehead atoms. The molecule has 2 saturated heterocycles. The first kappa shape index (κ1) is 19.8. The van der Waals surface area contributed by atoms with Crippen molar-refractivity contribution < 1.29 is 4.79 Å². The highest BCUT2D eigenvalue weighted by Gasteiger charge is 2.46. The van der Waals surface area contributed by atoms with Crippen molar-refractivity contribution in [3.63, 3.8) is 0 Å². The summed E-state index contributed by atoms with van der Waals surface area (Å²) >= 11 is 0. The Bertz CT molecular complexity index is 959. The molecule has 2 fully saturated rings. The molecule has 0 unspecified atom stereocenters. The number of para-hydroxylation sites is 1. The summed E-state index contributed by atoms with van der Waals surface area (Å²) in [5.74, 6) is 0.248. The Labute approximate surface area is 184 Å². The summed E-state index contributed by atoms with van der Waals surface area (Å²) in [4.78, 5) is 20.1. The fourth-order valence-electron chi connectivity index (χ4n) is 5.06. The number of benzene rings is 3. The molecule has 0 radical (unpaired) electrons. The number of hydrogen-bond donors (Lipinski definition) is 0. The molecule has 1 amide bonds. The van der Waals surface area contributed by atoms with Crippen LogP contribution in [0.3, 0.4) is 0 Å². The molecule has 4 nitrogen and oxygen atoms in total. The Hall–Kier alpha value is -3.11. The maximum Gasteiger partial charge on any atom is 0.224 e. The molecule has 158 valence electrons. The highest BCUT2D eigenvalue weighted by atomic mass is 16.2. The van der Waals surface area contributed by atoms with Crippen LogP contribution in [0.25, 0.3) is 0 Å². The second-order valence-corrected chi connectivity index (χ2v) is 8.66. The summed E-state index contributed by atoms with van der Waals surface area (Å²) < 4.78 is 0. The second-order valence-electron chi connectivity index (χ2n) is 8.66. The van der Waals surface area contributed by atoms with Crippen LogP contribution in [0, 0.1) is 0 Å². The van der Waals surface area contributed by atoms with Crippen molar-refractivity contribution in [3.05, 3.63) is 102 Å². The predicted octanol–water partition coefficient (Wildman–Crippen LogP) is 3.98. The van der Waals surface area contributed by atoms with Gasteiger partial charge in [0, 0.05) is 50.2 Å². The van der Waals surface area contributed by atoms with Gasteiger partial charge in [0.1, 0.15) is 0 Å². The Morgan fingerprint density at radius 2 is 1.19 bits per heavy atom. The summed E-state index contributed by atoms with van der Waals surface area (Å²) in [6, 6.07) is 31.7. The van der Waals surface area contributed by atoms with Gasteiger partial charge in [-0.15, -0.1) is 0 Å². The van der Waals surface area contributed by atoms with Gasteiger partial charge in [0.2, 0.25) is 5.91 Å². The Balaban J connectivity index is 1.31. The molecule has 3 aromatic carbocycles. The lowest BCUT2D eigenvalue weighted by Crippen LogP contribution is -2.50. The molecule has 2 heterocycles. The average Bonchev–Trinajstić information content (AvgIpc) is 3.18. The third kappa shape index (κ3) is 3.96. The standard InChI is InChI=1S/C27H29N3O/c31-26-20-27(23-10-4-1-5-11-23,24-12-6-2-7-13-24)21-30(26)22-28-16-18-29(19-17-28)25-14-8-3-9-15-25/h1-15H,16-22H2. The van der Waals surface area contributed by atoms with E-state index in [2.05, 4.69) is 93.6 Å². The molecule has 0 spiro atoms. The molecule has 5 rings (SSSR count). The minimum absolute atomic E-state index is 0.248. The van der Waals surface area contributed by atoms with E-state index in [-0.39, 0.29) is 11.3 Å². The van der Waals surface area contributed by atoms with Crippen LogP contribution in [0.2, 0.25) is 0 Å². The van der Waals surface area contributed by atoms with Crippen LogP contribution in [0.4, 0.5) is 5.69 Å². The number of amides is 1. The highest BCUT2D eigenvalue weighted by Crippen LogP contribution is 2.41. The van der Waals surface area contributed by atoms with Crippen molar-refractivity contribution in [1.82, 2.24) is 9.80 Å². The van der Waals surface area contributed by atoms with Crippen LogP contribution in [-0.4, -0.2) is 55.1 Å². The molecule has 0 aromatic heterocycles. The van der Waals surface area contributed by atoms with E-state index >= 15 is 0 Å². The zero-order valence-electron chi connectivity index (χ0n) is 17.9. The topological polar surface area (TPSA) is 26.8 Å². The van der Waals surface area contributed by atoms with Crippen LogP contribution < -0.4 is 4.90 Å². The van der Waals surface area contributed by atoms with Gasteiger partial charge in [-0.25, -0.2) is 0 Å². The van der Waals surface area contributed by atoms with Crippen molar-refractivity contribution in [1.29, 1.82) is 0 Å². The summed E-state index contributed by atoms with van der Waals surface area (Å²) in [6.45, 7) is 5.38. The van der Waals surface area contributed by atoms with Gasteiger partial charge in [0.25, 0.3) is 0 Å². The number of anilines is 1. The van der Waals surface area contributed by atoms with E-state index in [1.807, 2.05) is 12.1 Å².